The highest BCUT2D eigenvalue weighted by Crippen LogP contribution is 2.36. The van der Waals surface area contributed by atoms with Crippen LogP contribution in [0.5, 0.6) is 5.75 Å². The molecule has 8 heteroatoms. The average molecular weight is 506 g/mol. The third kappa shape index (κ3) is 5.23. The van der Waals surface area contributed by atoms with Crippen molar-refractivity contribution < 1.29 is 17.9 Å². The fourth-order valence-corrected chi connectivity index (χ4v) is 5.61. The second-order valence-corrected chi connectivity index (χ2v) is 10.4. The van der Waals surface area contributed by atoms with Gasteiger partial charge in [0.25, 0.3) is 10.0 Å². The van der Waals surface area contributed by atoms with E-state index in [-0.39, 0.29) is 16.3 Å². The maximum atomic E-state index is 13.4. The van der Waals surface area contributed by atoms with E-state index in [0.29, 0.717) is 30.6 Å². The van der Waals surface area contributed by atoms with E-state index in [1.54, 1.807) is 37.3 Å². The zero-order chi connectivity index (χ0) is 25.9. The lowest BCUT2D eigenvalue weighted by atomic mass is 10.1. The quantitative estimate of drug-likeness (QED) is 0.321. The maximum absolute atomic E-state index is 13.4. The molecular weight excluding hydrogens is 474 g/mol. The van der Waals surface area contributed by atoms with Crippen LogP contribution in [0.1, 0.15) is 30.5 Å². The fourth-order valence-electron chi connectivity index (χ4n) is 4.28. The van der Waals surface area contributed by atoms with Crippen molar-refractivity contribution in [1.29, 1.82) is 0 Å². The van der Waals surface area contributed by atoms with E-state index < -0.39 is 16.1 Å². The van der Waals surface area contributed by atoms with E-state index in [9.17, 15) is 13.2 Å². The molecule has 0 aliphatic heterocycles. The van der Waals surface area contributed by atoms with Crippen LogP contribution in [0.4, 0.5) is 10.5 Å². The number of benzene rings is 3. The lowest BCUT2D eigenvalue weighted by molar-refractivity contribution is 0.157. The number of hydrogen-bond acceptors (Lipinski definition) is 4. The molecule has 0 saturated carbocycles. The molecule has 7 nitrogen and oxygen atoms in total. The van der Waals surface area contributed by atoms with Crippen molar-refractivity contribution in [3.05, 3.63) is 89.6 Å². The molecule has 1 amide bonds. The molecule has 4 aromatic rings. The summed E-state index contributed by atoms with van der Waals surface area (Å²) in [6.07, 6.45) is 1.38. The molecule has 1 heterocycles. The van der Waals surface area contributed by atoms with Crippen molar-refractivity contribution >= 4 is 32.7 Å². The molecule has 1 aromatic heterocycles. The van der Waals surface area contributed by atoms with E-state index in [1.165, 1.54) is 10.5 Å². The lowest BCUT2D eigenvalue weighted by Crippen LogP contribution is -2.33. The molecule has 0 aliphatic rings. The van der Waals surface area contributed by atoms with Crippen LogP contribution in [0.25, 0.3) is 10.9 Å². The van der Waals surface area contributed by atoms with Crippen molar-refractivity contribution in [2.24, 2.45) is 0 Å². The third-order valence-electron chi connectivity index (χ3n) is 6.19. The van der Waals surface area contributed by atoms with Gasteiger partial charge in [0.1, 0.15) is 5.69 Å². The van der Waals surface area contributed by atoms with E-state index >= 15 is 0 Å². The predicted octanol–water partition coefficient (Wildman–Crippen LogP) is 5.95. The van der Waals surface area contributed by atoms with Crippen LogP contribution in [0.15, 0.2) is 77.8 Å². The van der Waals surface area contributed by atoms with Crippen LogP contribution >= 0.6 is 0 Å². The molecule has 0 radical (unpaired) electrons. The van der Waals surface area contributed by atoms with Gasteiger partial charge in [-0.05, 0) is 63.1 Å². The summed E-state index contributed by atoms with van der Waals surface area (Å²) >= 11 is 0. The number of sulfonamides is 1. The van der Waals surface area contributed by atoms with Gasteiger partial charge >= 0.3 is 6.09 Å². The fraction of sp³-hybridized carbons (Fsp3) is 0.250. The largest absolute Gasteiger partial charge is 0.415 e. The van der Waals surface area contributed by atoms with Crippen LogP contribution in [-0.2, 0) is 16.6 Å². The Bertz CT molecular complexity index is 1500. The lowest BCUT2D eigenvalue weighted by Gasteiger charge is -2.20. The first-order valence-electron chi connectivity index (χ1n) is 12.0. The first kappa shape index (κ1) is 25.3. The summed E-state index contributed by atoms with van der Waals surface area (Å²) in [6, 6.07) is 20.4. The Hall–Kier alpha value is -3.78. The molecule has 0 spiro atoms. The summed E-state index contributed by atoms with van der Waals surface area (Å²) in [4.78, 5) is 14.5. The topological polar surface area (TPSA) is 80.6 Å². The van der Waals surface area contributed by atoms with Gasteiger partial charge in [-0.25, -0.2) is 13.2 Å². The first-order valence-corrected chi connectivity index (χ1v) is 13.4. The average Bonchev–Trinajstić information content (AvgIpc) is 3.24. The summed E-state index contributed by atoms with van der Waals surface area (Å²) in [7, 11) is -3.94. The van der Waals surface area contributed by atoms with Crippen LogP contribution in [0, 0.1) is 13.8 Å². The molecule has 0 atom stereocenters. The van der Waals surface area contributed by atoms with Gasteiger partial charge in [0, 0.05) is 31.2 Å². The van der Waals surface area contributed by atoms with Gasteiger partial charge in [-0.1, -0.05) is 48.0 Å². The SMILES string of the molecule is CCN(CC)C(=O)Oc1ccc2c(ccn2Cc2cccc(C)c2)c1NS(=O)(=O)c1ccccc1C. The van der Waals surface area contributed by atoms with E-state index in [4.69, 9.17) is 4.74 Å². The molecule has 0 saturated heterocycles. The molecule has 0 aliphatic carbocycles. The minimum atomic E-state index is -3.94. The number of amides is 1. The molecule has 0 fully saturated rings. The smallest absolute Gasteiger partial charge is 0.408 e. The molecular formula is C28H31N3O4S. The minimum Gasteiger partial charge on any atom is -0.408 e. The number of carbonyl (C=O) groups is 1. The number of nitrogens with one attached hydrogen (secondary N) is 1. The number of nitrogens with zero attached hydrogens (tertiary/aromatic N) is 2. The van der Waals surface area contributed by atoms with Crippen molar-refractivity contribution in [2.45, 2.75) is 39.1 Å². The Morgan fingerprint density at radius 3 is 2.42 bits per heavy atom. The number of rotatable bonds is 8. The Morgan fingerprint density at radius 2 is 1.72 bits per heavy atom. The van der Waals surface area contributed by atoms with Gasteiger partial charge in [0.15, 0.2) is 5.75 Å². The maximum Gasteiger partial charge on any atom is 0.415 e. The van der Waals surface area contributed by atoms with Crippen LogP contribution in [0.3, 0.4) is 0 Å². The summed E-state index contributed by atoms with van der Waals surface area (Å²) in [5, 5.41) is 0.643. The van der Waals surface area contributed by atoms with E-state index in [1.807, 2.05) is 55.8 Å². The molecule has 1 N–H and O–H groups in total. The Labute approximate surface area is 212 Å². The number of carbonyl (C=O) groups excluding carboxylic acids is 1. The van der Waals surface area contributed by atoms with Gasteiger partial charge in [-0.3, -0.25) is 4.72 Å². The number of hydrogen-bond donors (Lipinski definition) is 1. The van der Waals surface area contributed by atoms with Gasteiger partial charge in [-0.2, -0.15) is 0 Å². The number of fused-ring (bicyclic) bond motifs is 1. The highest BCUT2D eigenvalue weighted by atomic mass is 32.2. The highest BCUT2D eigenvalue weighted by Gasteiger charge is 2.23. The Morgan fingerprint density at radius 1 is 0.972 bits per heavy atom. The Kier molecular flexibility index (Phi) is 7.35. The molecule has 4 rings (SSSR count). The number of anilines is 1. The molecule has 188 valence electrons. The van der Waals surface area contributed by atoms with Gasteiger partial charge in [-0.15, -0.1) is 0 Å². The normalized spacial score (nSPS) is 11.4. The van der Waals surface area contributed by atoms with Crippen molar-refractivity contribution in [2.75, 3.05) is 17.8 Å². The second kappa shape index (κ2) is 10.5. The highest BCUT2D eigenvalue weighted by molar-refractivity contribution is 7.92. The van der Waals surface area contributed by atoms with Crippen LogP contribution in [0.2, 0.25) is 0 Å². The number of ether oxygens (including phenoxy) is 1. The third-order valence-corrected chi connectivity index (χ3v) is 7.70. The van der Waals surface area contributed by atoms with Crippen LogP contribution < -0.4 is 9.46 Å². The summed E-state index contributed by atoms with van der Waals surface area (Å²) in [5.41, 5.74) is 3.98. The van der Waals surface area contributed by atoms with E-state index in [2.05, 4.69) is 16.9 Å². The predicted molar refractivity (Wildman–Crippen MR) is 143 cm³/mol. The van der Waals surface area contributed by atoms with Gasteiger partial charge in [0.2, 0.25) is 0 Å². The summed E-state index contributed by atoms with van der Waals surface area (Å²) in [5.74, 6) is 0.157. The Balaban J connectivity index is 1.80. The van der Waals surface area contributed by atoms with Crippen molar-refractivity contribution in [3.8, 4) is 5.75 Å². The molecule has 3 aromatic carbocycles. The molecule has 36 heavy (non-hydrogen) atoms. The standard InChI is InChI=1S/C28H31N3O4S/c1-5-30(6-2)28(32)35-25-15-14-24-23(16-17-31(24)19-22-12-9-10-20(3)18-22)27(25)29-36(33,34)26-13-8-7-11-21(26)4/h7-18,29H,5-6,19H2,1-4H3. The van der Waals surface area contributed by atoms with Crippen LogP contribution in [-0.4, -0.2) is 37.1 Å². The number of aromatic nitrogens is 1. The van der Waals surface area contributed by atoms with Gasteiger partial charge in [0.05, 0.1) is 10.4 Å². The van der Waals surface area contributed by atoms with Crippen molar-refractivity contribution in [3.63, 3.8) is 0 Å². The molecule has 0 unspecified atom stereocenters. The summed E-state index contributed by atoms with van der Waals surface area (Å²) < 4.78 is 37.3. The minimum absolute atomic E-state index is 0.157. The molecule has 0 bridgehead atoms. The first-order chi connectivity index (χ1) is 17.2. The summed E-state index contributed by atoms with van der Waals surface area (Å²) in [6.45, 7) is 9.10. The number of aryl methyl sites for hydroxylation is 2. The van der Waals surface area contributed by atoms with Gasteiger partial charge < -0.3 is 14.2 Å². The van der Waals surface area contributed by atoms with Crippen molar-refractivity contribution in [1.82, 2.24) is 9.47 Å². The zero-order valence-corrected chi connectivity index (χ0v) is 21.8. The monoisotopic (exact) mass is 505 g/mol. The van der Waals surface area contributed by atoms with E-state index in [0.717, 1.165) is 11.1 Å². The zero-order valence-electron chi connectivity index (χ0n) is 21.0. The second-order valence-electron chi connectivity index (χ2n) is 8.72.